The first-order valence-electron chi connectivity index (χ1n) is 21.5. The van der Waals surface area contributed by atoms with E-state index in [1.54, 1.807) is 21.1 Å². The molecule has 0 radical (unpaired) electrons. The summed E-state index contributed by atoms with van der Waals surface area (Å²) in [5.74, 6) is -1.53. The second kappa shape index (κ2) is 23.3. The fraction of sp³-hybridized carbons (Fsp3) is 0.864. The van der Waals surface area contributed by atoms with E-state index < -0.39 is 48.0 Å². The number of aliphatic hydroxyl groups is 1. The van der Waals surface area contributed by atoms with E-state index in [0.29, 0.717) is 19.4 Å². The van der Waals surface area contributed by atoms with Crippen molar-refractivity contribution in [3.63, 3.8) is 0 Å². The Morgan fingerprint density at radius 1 is 0.912 bits per heavy atom. The lowest BCUT2D eigenvalue weighted by molar-refractivity contribution is -0.159. The van der Waals surface area contributed by atoms with Crippen molar-refractivity contribution < 1.29 is 38.5 Å². The number of rotatable bonds is 22. The SMILES string of the molecule is CCC(C)[C@@H]([C@@H](CC(=O)N1CCC[C@H]1[C@H](OC)C(C)C(=O)N[C@@H](CC1C=CCCC1)C(=O)OC(C)(C)C)OC)N(C)C(O)[C@@H](NC(=O)C(C(C)C)N(C)C)C(C)C. The van der Waals surface area contributed by atoms with Crippen molar-refractivity contribution in [1.82, 2.24) is 25.3 Å². The van der Waals surface area contributed by atoms with E-state index in [-0.39, 0.29) is 65.9 Å². The fourth-order valence-corrected chi connectivity index (χ4v) is 8.86. The van der Waals surface area contributed by atoms with E-state index in [9.17, 15) is 24.3 Å². The van der Waals surface area contributed by atoms with E-state index in [1.165, 1.54) is 0 Å². The van der Waals surface area contributed by atoms with Crippen LogP contribution >= 0.6 is 0 Å². The maximum Gasteiger partial charge on any atom is 0.329 e. The number of likely N-dealkylation sites (N-methyl/N-ethyl adjacent to an activating group) is 2. The van der Waals surface area contributed by atoms with Crippen molar-refractivity contribution in [1.29, 1.82) is 0 Å². The van der Waals surface area contributed by atoms with Crippen LogP contribution in [0.15, 0.2) is 12.2 Å². The Balaban J connectivity index is 2.30. The molecule has 1 aliphatic carbocycles. The second-order valence-electron chi connectivity index (χ2n) is 18.6. The topological polar surface area (TPSA) is 150 Å². The van der Waals surface area contributed by atoms with Crippen molar-refractivity contribution in [2.45, 2.75) is 175 Å². The van der Waals surface area contributed by atoms with Crippen LogP contribution in [0.3, 0.4) is 0 Å². The summed E-state index contributed by atoms with van der Waals surface area (Å²) in [7, 11) is 8.75. The highest BCUT2D eigenvalue weighted by atomic mass is 16.6. The van der Waals surface area contributed by atoms with Gasteiger partial charge < -0.3 is 34.9 Å². The van der Waals surface area contributed by atoms with Gasteiger partial charge in [0.1, 0.15) is 17.9 Å². The molecule has 0 spiro atoms. The Morgan fingerprint density at radius 3 is 2.05 bits per heavy atom. The van der Waals surface area contributed by atoms with Gasteiger partial charge in [0, 0.05) is 26.8 Å². The fourth-order valence-electron chi connectivity index (χ4n) is 8.86. The molecule has 1 aliphatic heterocycles. The zero-order valence-electron chi connectivity index (χ0n) is 38.2. The molecule has 0 aromatic carbocycles. The summed E-state index contributed by atoms with van der Waals surface area (Å²) >= 11 is 0. The number of methoxy groups -OCH3 is 2. The third-order valence-corrected chi connectivity index (χ3v) is 12.1. The molecule has 3 N–H and O–H groups in total. The van der Waals surface area contributed by atoms with Crippen LogP contribution < -0.4 is 10.6 Å². The van der Waals surface area contributed by atoms with Crippen molar-refractivity contribution >= 4 is 23.7 Å². The second-order valence-corrected chi connectivity index (χ2v) is 18.6. The molecular formula is C44H81N5O8. The number of amides is 3. The number of hydrogen-bond donors (Lipinski definition) is 3. The van der Waals surface area contributed by atoms with Gasteiger partial charge in [-0.15, -0.1) is 0 Å². The largest absolute Gasteiger partial charge is 0.458 e. The maximum absolute atomic E-state index is 14.3. The number of carbonyl (C=O) groups excluding carboxylic acids is 4. The first-order chi connectivity index (χ1) is 26.6. The lowest BCUT2D eigenvalue weighted by Crippen LogP contribution is -2.61. The minimum Gasteiger partial charge on any atom is -0.458 e. The molecule has 13 heteroatoms. The molecule has 0 saturated carbocycles. The minimum atomic E-state index is -1.05. The highest BCUT2D eigenvalue weighted by molar-refractivity contribution is 5.86. The summed E-state index contributed by atoms with van der Waals surface area (Å²) in [6.45, 7) is 19.9. The van der Waals surface area contributed by atoms with Crippen LogP contribution in [0.1, 0.15) is 121 Å². The normalized spacial score (nSPS) is 22.5. The van der Waals surface area contributed by atoms with Crippen LogP contribution in [0.5, 0.6) is 0 Å². The molecule has 0 bridgehead atoms. The van der Waals surface area contributed by atoms with E-state index >= 15 is 0 Å². The summed E-state index contributed by atoms with van der Waals surface area (Å²) in [6, 6.07) is -2.47. The monoisotopic (exact) mass is 808 g/mol. The molecule has 1 fully saturated rings. The molecule has 57 heavy (non-hydrogen) atoms. The molecule has 2 rings (SSSR count). The van der Waals surface area contributed by atoms with Gasteiger partial charge in [0.2, 0.25) is 17.7 Å². The third-order valence-electron chi connectivity index (χ3n) is 12.1. The first kappa shape index (κ1) is 50.6. The number of allylic oxidation sites excluding steroid dienone is 2. The number of ether oxygens (including phenoxy) is 3. The molecule has 5 unspecified atom stereocenters. The molecule has 2 aliphatic rings. The summed E-state index contributed by atoms with van der Waals surface area (Å²) in [6.07, 6.45) is 7.71. The summed E-state index contributed by atoms with van der Waals surface area (Å²) < 4.78 is 17.8. The van der Waals surface area contributed by atoms with Gasteiger partial charge in [-0.05, 0) is 104 Å². The summed E-state index contributed by atoms with van der Waals surface area (Å²) in [4.78, 5) is 60.7. The molecule has 3 amide bonds. The van der Waals surface area contributed by atoms with Gasteiger partial charge in [-0.3, -0.25) is 24.2 Å². The number of likely N-dealkylation sites (tertiary alicyclic amines) is 1. The maximum atomic E-state index is 14.3. The Bertz CT molecular complexity index is 1290. The number of nitrogens with one attached hydrogen (secondary N) is 2. The number of aliphatic hydroxyl groups excluding tert-OH is 1. The molecule has 11 atom stereocenters. The van der Waals surface area contributed by atoms with E-state index in [1.807, 2.05) is 84.3 Å². The zero-order valence-corrected chi connectivity index (χ0v) is 38.2. The molecule has 0 aromatic heterocycles. The first-order valence-corrected chi connectivity index (χ1v) is 21.5. The highest BCUT2D eigenvalue weighted by Gasteiger charge is 2.44. The van der Waals surface area contributed by atoms with Crippen LogP contribution in [0.25, 0.3) is 0 Å². The van der Waals surface area contributed by atoms with E-state index in [4.69, 9.17) is 14.2 Å². The van der Waals surface area contributed by atoms with Gasteiger partial charge >= 0.3 is 5.97 Å². The van der Waals surface area contributed by atoms with E-state index in [2.05, 4.69) is 36.6 Å². The van der Waals surface area contributed by atoms with Crippen LogP contribution in [0, 0.1) is 29.6 Å². The Hall–Kier alpha value is -2.58. The Labute approximate surface area is 345 Å². The number of carbonyl (C=O) groups is 4. The van der Waals surface area contributed by atoms with Crippen LogP contribution in [-0.4, -0.2) is 140 Å². The predicted molar refractivity (Wildman–Crippen MR) is 225 cm³/mol. The minimum absolute atomic E-state index is 0.0305. The molecule has 330 valence electrons. The highest BCUT2D eigenvalue weighted by Crippen LogP contribution is 2.31. The van der Waals surface area contributed by atoms with Gasteiger partial charge in [-0.1, -0.05) is 67.0 Å². The van der Waals surface area contributed by atoms with Crippen molar-refractivity contribution in [3.05, 3.63) is 12.2 Å². The van der Waals surface area contributed by atoms with Crippen molar-refractivity contribution in [2.75, 3.05) is 41.9 Å². The summed E-state index contributed by atoms with van der Waals surface area (Å²) in [5, 5.41) is 18.1. The van der Waals surface area contributed by atoms with Gasteiger partial charge in [-0.25, -0.2) is 4.79 Å². The smallest absolute Gasteiger partial charge is 0.329 e. The van der Waals surface area contributed by atoms with Crippen LogP contribution in [-0.2, 0) is 33.4 Å². The van der Waals surface area contributed by atoms with Crippen molar-refractivity contribution in [2.24, 2.45) is 29.6 Å². The van der Waals surface area contributed by atoms with Gasteiger partial charge in [0.25, 0.3) is 0 Å². The number of nitrogens with zero attached hydrogens (tertiary/aromatic N) is 3. The van der Waals surface area contributed by atoms with Crippen LogP contribution in [0.2, 0.25) is 0 Å². The van der Waals surface area contributed by atoms with Gasteiger partial charge in [0.05, 0.1) is 42.7 Å². The van der Waals surface area contributed by atoms with Crippen molar-refractivity contribution in [3.8, 4) is 0 Å². The van der Waals surface area contributed by atoms with Gasteiger partial charge in [-0.2, -0.15) is 0 Å². The molecule has 1 saturated heterocycles. The molecule has 1 heterocycles. The Morgan fingerprint density at radius 2 is 1.56 bits per heavy atom. The quantitative estimate of drug-likeness (QED) is 0.0776. The Kier molecular flexibility index (Phi) is 20.6. The van der Waals surface area contributed by atoms with E-state index in [0.717, 1.165) is 32.1 Å². The molecule has 13 nitrogen and oxygen atoms in total. The standard InChI is InChI=1S/C44H81N5O8/c1-16-29(6)38(48(13)42(53)36(27(2)3)46-41(52)37(28(4)5)47(11)12)34(55-14)26-35(50)49-24-20-23-33(49)39(56-15)30(7)40(51)45-32(43(54)57-44(8,9)10)25-31-21-18-17-19-22-31/h18,21,27-34,36-39,42,53H,16-17,19-20,22-26H2,1-15H3,(H,45,51)(H,46,52)/t29?,30?,31?,32-,33-,34+,36-,37?,38-,39+,42?/m0/s1. The summed E-state index contributed by atoms with van der Waals surface area (Å²) in [5.41, 5.74) is -0.705. The average Bonchev–Trinajstić information content (AvgIpc) is 3.62. The molecule has 0 aromatic rings. The lowest BCUT2D eigenvalue weighted by atomic mass is 9.88. The molecular weight excluding hydrogens is 727 g/mol. The lowest BCUT2D eigenvalue weighted by Gasteiger charge is -2.44. The number of hydrogen-bond acceptors (Lipinski definition) is 10. The zero-order chi connectivity index (χ0) is 43.4. The van der Waals surface area contributed by atoms with Gasteiger partial charge in [0.15, 0.2) is 0 Å². The average molecular weight is 808 g/mol. The van der Waals surface area contributed by atoms with Crippen LogP contribution in [0.4, 0.5) is 0 Å². The third kappa shape index (κ3) is 14.6. The number of esters is 1. The predicted octanol–water partition coefficient (Wildman–Crippen LogP) is 5.00.